The van der Waals surface area contributed by atoms with Gasteiger partial charge in [0.05, 0.1) is 16.2 Å². The fraction of sp³-hybridized carbons (Fsp3) is 0.474. The van der Waals surface area contributed by atoms with E-state index in [0.717, 1.165) is 19.3 Å². The number of oxazole rings is 1. The molecule has 146 valence electrons. The zero-order chi connectivity index (χ0) is 19.4. The number of hydrogen-bond donors (Lipinski definition) is 1. The molecule has 0 spiro atoms. The minimum atomic E-state index is -3.64. The number of benzene rings is 1. The molecule has 3 rings (SSSR count). The Morgan fingerprint density at radius 3 is 2.85 bits per heavy atom. The van der Waals surface area contributed by atoms with Gasteiger partial charge in [0.15, 0.2) is 15.4 Å². The van der Waals surface area contributed by atoms with E-state index >= 15 is 0 Å². The van der Waals surface area contributed by atoms with E-state index in [0.29, 0.717) is 12.1 Å². The number of aromatic nitrogens is 1. The van der Waals surface area contributed by atoms with Crippen LogP contribution < -0.4 is 11.1 Å². The molecule has 1 N–H and O–H groups in total. The minimum Gasteiger partial charge on any atom is -0.408 e. The van der Waals surface area contributed by atoms with E-state index in [4.69, 9.17) is 4.42 Å². The van der Waals surface area contributed by atoms with Gasteiger partial charge in [-0.25, -0.2) is 13.2 Å². The van der Waals surface area contributed by atoms with Gasteiger partial charge in [-0.15, -0.1) is 0 Å². The zero-order valence-electron chi connectivity index (χ0n) is 15.4. The van der Waals surface area contributed by atoms with Crippen molar-refractivity contribution in [1.82, 2.24) is 9.88 Å². The smallest absolute Gasteiger partial charge is 0.408 e. The van der Waals surface area contributed by atoms with Crippen LogP contribution in [0.1, 0.15) is 38.5 Å². The quantitative estimate of drug-likeness (QED) is 0.729. The lowest BCUT2D eigenvalue weighted by Gasteiger charge is -2.13. The van der Waals surface area contributed by atoms with E-state index in [9.17, 15) is 18.0 Å². The summed E-state index contributed by atoms with van der Waals surface area (Å²) in [5, 5.41) is 2.79. The molecule has 1 aliphatic carbocycles. The average molecular weight is 392 g/mol. The van der Waals surface area contributed by atoms with Crippen LogP contribution in [-0.2, 0) is 21.7 Å². The topological polar surface area (TPSA) is 98.4 Å². The third kappa shape index (κ3) is 4.68. The van der Waals surface area contributed by atoms with Crippen molar-refractivity contribution >= 4 is 26.8 Å². The third-order valence-electron chi connectivity index (χ3n) is 4.87. The fourth-order valence-corrected chi connectivity index (χ4v) is 4.49. The molecule has 1 aliphatic rings. The second-order valence-electron chi connectivity index (χ2n) is 6.83. The first-order valence-corrected chi connectivity index (χ1v) is 10.8. The van der Waals surface area contributed by atoms with Crippen LogP contribution in [0.3, 0.4) is 0 Å². The maximum atomic E-state index is 12.5. The Bertz CT molecular complexity index is 1030. The van der Waals surface area contributed by atoms with Crippen molar-refractivity contribution in [1.29, 1.82) is 0 Å². The third-order valence-corrected chi connectivity index (χ3v) is 6.59. The van der Waals surface area contributed by atoms with Crippen LogP contribution >= 0.6 is 0 Å². The summed E-state index contributed by atoms with van der Waals surface area (Å²) < 4.78 is 31.3. The van der Waals surface area contributed by atoms with Crippen molar-refractivity contribution in [3.05, 3.63) is 40.4 Å². The highest BCUT2D eigenvalue weighted by atomic mass is 32.2. The van der Waals surface area contributed by atoms with Gasteiger partial charge in [-0.2, -0.15) is 0 Å². The summed E-state index contributed by atoms with van der Waals surface area (Å²) in [6.07, 6.45) is 7.57. The van der Waals surface area contributed by atoms with Crippen molar-refractivity contribution < 1.29 is 17.6 Å². The average Bonchev–Trinajstić information content (AvgIpc) is 2.94. The highest BCUT2D eigenvalue weighted by molar-refractivity contribution is 7.91. The fourth-order valence-electron chi connectivity index (χ4n) is 3.24. The van der Waals surface area contributed by atoms with Crippen LogP contribution in [0, 0.1) is 0 Å². The van der Waals surface area contributed by atoms with Crippen molar-refractivity contribution in [3.8, 4) is 0 Å². The number of allylic oxidation sites excluding steroid dienone is 1. The summed E-state index contributed by atoms with van der Waals surface area (Å²) in [7, 11) is -2.09. The number of sulfone groups is 1. The molecule has 1 aromatic carbocycles. The van der Waals surface area contributed by atoms with E-state index in [-0.39, 0.29) is 28.6 Å². The van der Waals surface area contributed by atoms with E-state index < -0.39 is 15.6 Å². The number of carbonyl (C=O) groups excluding carboxylic acids is 1. The van der Waals surface area contributed by atoms with E-state index in [2.05, 4.69) is 11.4 Å². The van der Waals surface area contributed by atoms with Crippen LogP contribution in [0.2, 0.25) is 0 Å². The van der Waals surface area contributed by atoms with E-state index in [1.165, 1.54) is 41.2 Å². The van der Waals surface area contributed by atoms with Gasteiger partial charge in [-0.3, -0.25) is 9.36 Å². The molecule has 0 unspecified atom stereocenters. The number of amides is 1. The Morgan fingerprint density at radius 2 is 2.11 bits per heavy atom. The Morgan fingerprint density at radius 1 is 1.30 bits per heavy atom. The molecule has 0 bridgehead atoms. The standard InChI is InChI=1S/C19H24N2O5S/c1-21-16-8-7-15(13-17(16)26-19(21)23)27(24,25)12-10-18(22)20-11-9-14-5-3-2-4-6-14/h5,7-8,13H,2-4,6,9-12H2,1H3,(H,20,22). The summed E-state index contributed by atoms with van der Waals surface area (Å²) >= 11 is 0. The molecule has 0 fully saturated rings. The lowest BCUT2D eigenvalue weighted by Crippen LogP contribution is -2.27. The second-order valence-corrected chi connectivity index (χ2v) is 8.94. The molecule has 0 aliphatic heterocycles. The maximum Gasteiger partial charge on any atom is 0.419 e. The highest BCUT2D eigenvalue weighted by Crippen LogP contribution is 2.20. The van der Waals surface area contributed by atoms with Crippen LogP contribution in [0.4, 0.5) is 0 Å². The Labute approximate surface area is 158 Å². The summed E-state index contributed by atoms with van der Waals surface area (Å²) in [5.41, 5.74) is 2.11. The van der Waals surface area contributed by atoms with Gasteiger partial charge in [-0.1, -0.05) is 11.6 Å². The van der Waals surface area contributed by atoms with Gasteiger partial charge in [-0.05, 0) is 44.2 Å². The van der Waals surface area contributed by atoms with Crippen LogP contribution in [0.5, 0.6) is 0 Å². The lowest BCUT2D eigenvalue weighted by atomic mass is 9.97. The van der Waals surface area contributed by atoms with Crippen molar-refractivity contribution in [2.45, 2.75) is 43.4 Å². The molecule has 1 aromatic heterocycles. The molecular formula is C19H24N2O5S. The number of aryl methyl sites for hydroxylation is 1. The van der Waals surface area contributed by atoms with Gasteiger partial charge in [0.25, 0.3) is 0 Å². The Hall–Kier alpha value is -2.35. The van der Waals surface area contributed by atoms with E-state index in [1.54, 1.807) is 7.05 Å². The lowest BCUT2D eigenvalue weighted by molar-refractivity contribution is -0.120. The monoisotopic (exact) mass is 392 g/mol. The molecule has 0 saturated heterocycles. The van der Waals surface area contributed by atoms with E-state index in [1.807, 2.05) is 0 Å². The first kappa shape index (κ1) is 19.4. The molecule has 0 atom stereocenters. The summed E-state index contributed by atoms with van der Waals surface area (Å²) in [6.45, 7) is 0.534. The van der Waals surface area contributed by atoms with Crippen molar-refractivity contribution in [3.63, 3.8) is 0 Å². The molecule has 8 heteroatoms. The number of carbonyl (C=O) groups is 1. The summed E-state index contributed by atoms with van der Waals surface area (Å²) in [4.78, 5) is 23.5. The maximum absolute atomic E-state index is 12.5. The highest BCUT2D eigenvalue weighted by Gasteiger charge is 2.18. The number of hydrogen-bond acceptors (Lipinski definition) is 5. The molecule has 2 aromatic rings. The van der Waals surface area contributed by atoms with Gasteiger partial charge in [0.2, 0.25) is 5.91 Å². The number of nitrogens with one attached hydrogen (secondary N) is 1. The van der Waals surface area contributed by atoms with Crippen molar-refractivity contribution in [2.24, 2.45) is 7.05 Å². The minimum absolute atomic E-state index is 0.0458. The van der Waals surface area contributed by atoms with Crippen molar-refractivity contribution in [2.75, 3.05) is 12.3 Å². The number of fused-ring (bicyclic) bond motifs is 1. The first-order valence-electron chi connectivity index (χ1n) is 9.14. The first-order chi connectivity index (χ1) is 12.9. The Kier molecular flexibility index (Phi) is 5.84. The van der Waals surface area contributed by atoms with Gasteiger partial charge in [0.1, 0.15) is 0 Å². The molecule has 0 radical (unpaired) electrons. The zero-order valence-corrected chi connectivity index (χ0v) is 16.2. The molecule has 27 heavy (non-hydrogen) atoms. The van der Waals surface area contributed by atoms with Crippen LogP contribution in [0.15, 0.2) is 44.0 Å². The van der Waals surface area contributed by atoms with Gasteiger partial charge in [0, 0.05) is 26.1 Å². The second kappa shape index (κ2) is 8.12. The van der Waals surface area contributed by atoms with Crippen LogP contribution in [0.25, 0.3) is 11.1 Å². The predicted octanol–water partition coefficient (Wildman–Crippen LogP) is 2.30. The molecule has 0 saturated carbocycles. The number of nitrogens with zero attached hydrogens (tertiary/aromatic N) is 1. The molecule has 1 heterocycles. The number of rotatable bonds is 7. The largest absolute Gasteiger partial charge is 0.419 e. The Balaban J connectivity index is 1.55. The van der Waals surface area contributed by atoms with Gasteiger partial charge >= 0.3 is 5.76 Å². The molecule has 7 nitrogen and oxygen atoms in total. The SMILES string of the molecule is Cn1c(=O)oc2cc(S(=O)(=O)CCC(=O)NCCC3=CCCCC3)ccc21. The summed E-state index contributed by atoms with van der Waals surface area (Å²) in [6, 6.07) is 4.30. The molecule has 1 amide bonds. The predicted molar refractivity (Wildman–Crippen MR) is 102 cm³/mol. The molecular weight excluding hydrogens is 368 g/mol. The van der Waals surface area contributed by atoms with Gasteiger partial charge < -0.3 is 9.73 Å². The summed E-state index contributed by atoms with van der Waals surface area (Å²) in [5.74, 6) is -1.11. The normalized spacial score (nSPS) is 14.9. The van der Waals surface area contributed by atoms with Crippen LogP contribution in [-0.4, -0.2) is 31.2 Å².